The fourth-order valence-corrected chi connectivity index (χ4v) is 3.47. The van der Waals surface area contributed by atoms with Gasteiger partial charge in [-0.1, -0.05) is 12.1 Å². The molecule has 2 rings (SSSR count). The third kappa shape index (κ3) is 4.02. The highest BCUT2D eigenvalue weighted by Crippen LogP contribution is 2.16. The van der Waals surface area contributed by atoms with Crippen molar-refractivity contribution in [3.05, 3.63) is 58.0 Å². The first-order valence-corrected chi connectivity index (χ1v) is 8.47. The van der Waals surface area contributed by atoms with E-state index in [0.29, 0.717) is 23.4 Å². The largest absolute Gasteiger partial charge is 0.268 e. The second-order valence-corrected chi connectivity index (χ2v) is 6.84. The third-order valence-electron chi connectivity index (χ3n) is 3.26. The molecule has 0 atom stereocenters. The van der Waals surface area contributed by atoms with Crippen molar-refractivity contribution >= 4 is 10.0 Å². The maximum Gasteiger partial charge on any atom is 0.266 e. The Hall–Kier alpha value is -1.99. The van der Waals surface area contributed by atoms with E-state index in [2.05, 4.69) is 9.82 Å². The molecule has 1 aromatic carbocycles. The molecule has 0 radical (unpaired) electrons. The molecule has 0 bridgehead atoms. The van der Waals surface area contributed by atoms with Crippen LogP contribution in [0.1, 0.15) is 17.5 Å². The molecule has 0 aliphatic heterocycles. The molecule has 2 aromatic rings. The molecule has 1 aromatic heterocycles. The molecule has 118 valence electrons. The number of nitrogens with one attached hydrogen (secondary N) is 1. The normalized spacial score (nSPS) is 11.5. The standard InChI is InChI=1S/C15H19N3O3S/c1-12-6-7-13(2)14(11-12)22(20,21)17-9-4-10-18-15(19)5-3-8-16-18/h3,5-8,11,17H,4,9-10H2,1-2H3. The summed E-state index contributed by atoms with van der Waals surface area (Å²) in [6.07, 6.45) is 2.02. The molecule has 0 amide bonds. The zero-order chi connectivity index (χ0) is 16.2. The molecule has 0 aliphatic carbocycles. The minimum Gasteiger partial charge on any atom is -0.268 e. The van der Waals surface area contributed by atoms with Gasteiger partial charge in [0, 0.05) is 25.4 Å². The highest BCUT2D eigenvalue weighted by molar-refractivity contribution is 7.89. The fourth-order valence-electron chi connectivity index (χ4n) is 2.07. The number of aromatic nitrogens is 2. The summed E-state index contributed by atoms with van der Waals surface area (Å²) in [6.45, 7) is 4.24. The summed E-state index contributed by atoms with van der Waals surface area (Å²) in [4.78, 5) is 11.8. The van der Waals surface area contributed by atoms with E-state index in [9.17, 15) is 13.2 Å². The molecule has 0 fully saturated rings. The number of sulfonamides is 1. The lowest BCUT2D eigenvalue weighted by Crippen LogP contribution is -2.28. The molecule has 1 heterocycles. The van der Waals surface area contributed by atoms with Crippen LogP contribution in [0.3, 0.4) is 0 Å². The topological polar surface area (TPSA) is 81.1 Å². The van der Waals surface area contributed by atoms with Gasteiger partial charge < -0.3 is 0 Å². The van der Waals surface area contributed by atoms with Gasteiger partial charge in [-0.2, -0.15) is 5.10 Å². The van der Waals surface area contributed by atoms with E-state index >= 15 is 0 Å². The maximum atomic E-state index is 12.3. The molecule has 7 heteroatoms. The van der Waals surface area contributed by atoms with Crippen LogP contribution in [0.5, 0.6) is 0 Å². The van der Waals surface area contributed by atoms with Crippen molar-refractivity contribution in [1.29, 1.82) is 0 Å². The van der Waals surface area contributed by atoms with E-state index in [1.165, 1.54) is 16.9 Å². The van der Waals surface area contributed by atoms with E-state index in [-0.39, 0.29) is 12.1 Å². The van der Waals surface area contributed by atoms with Gasteiger partial charge in [0.2, 0.25) is 10.0 Å². The first kappa shape index (κ1) is 16.4. The van der Waals surface area contributed by atoms with Crippen LogP contribution in [0, 0.1) is 13.8 Å². The molecular formula is C15H19N3O3S. The molecule has 0 aliphatic rings. The van der Waals surface area contributed by atoms with E-state index < -0.39 is 10.0 Å². The molecule has 22 heavy (non-hydrogen) atoms. The number of aryl methyl sites for hydroxylation is 3. The molecule has 0 spiro atoms. The first-order chi connectivity index (χ1) is 10.4. The Bertz CT molecular complexity index is 813. The molecular weight excluding hydrogens is 302 g/mol. The van der Waals surface area contributed by atoms with Crippen LogP contribution in [0.4, 0.5) is 0 Å². The van der Waals surface area contributed by atoms with Crippen molar-refractivity contribution in [2.24, 2.45) is 0 Å². The first-order valence-electron chi connectivity index (χ1n) is 6.99. The van der Waals surface area contributed by atoms with Crippen LogP contribution in [-0.2, 0) is 16.6 Å². The summed E-state index contributed by atoms with van der Waals surface area (Å²) < 4.78 is 28.5. The van der Waals surface area contributed by atoms with Crippen molar-refractivity contribution in [3.8, 4) is 0 Å². The Morgan fingerprint density at radius 2 is 2.00 bits per heavy atom. The average Bonchev–Trinajstić information content (AvgIpc) is 2.48. The number of hydrogen-bond donors (Lipinski definition) is 1. The van der Waals surface area contributed by atoms with Crippen molar-refractivity contribution in [2.45, 2.75) is 31.7 Å². The second-order valence-electron chi connectivity index (χ2n) is 5.11. The zero-order valence-electron chi connectivity index (χ0n) is 12.6. The van der Waals surface area contributed by atoms with E-state index in [1.54, 1.807) is 25.1 Å². The van der Waals surface area contributed by atoms with Crippen LogP contribution in [0.25, 0.3) is 0 Å². The SMILES string of the molecule is Cc1ccc(C)c(S(=O)(=O)NCCCn2ncccc2=O)c1. The Kier molecular flexibility index (Phi) is 5.10. The summed E-state index contributed by atoms with van der Waals surface area (Å²) >= 11 is 0. The number of nitrogens with zero attached hydrogens (tertiary/aromatic N) is 2. The number of hydrogen-bond acceptors (Lipinski definition) is 4. The van der Waals surface area contributed by atoms with E-state index in [4.69, 9.17) is 0 Å². The highest BCUT2D eigenvalue weighted by Gasteiger charge is 2.16. The van der Waals surface area contributed by atoms with Crippen molar-refractivity contribution in [3.63, 3.8) is 0 Å². The van der Waals surface area contributed by atoms with Gasteiger partial charge in [-0.15, -0.1) is 0 Å². The van der Waals surface area contributed by atoms with Crippen molar-refractivity contribution < 1.29 is 8.42 Å². The Morgan fingerprint density at radius 3 is 2.73 bits per heavy atom. The quantitative estimate of drug-likeness (QED) is 0.811. The Balaban J connectivity index is 1.97. The predicted molar refractivity (Wildman–Crippen MR) is 84.2 cm³/mol. The van der Waals surface area contributed by atoms with E-state index in [1.807, 2.05) is 13.0 Å². The van der Waals surface area contributed by atoms with Crippen LogP contribution in [-0.4, -0.2) is 24.7 Å². The van der Waals surface area contributed by atoms with Gasteiger partial charge in [0.25, 0.3) is 5.56 Å². The zero-order valence-corrected chi connectivity index (χ0v) is 13.4. The van der Waals surface area contributed by atoms with Crippen molar-refractivity contribution in [1.82, 2.24) is 14.5 Å². The lowest BCUT2D eigenvalue weighted by Gasteiger charge is -2.10. The van der Waals surface area contributed by atoms with Gasteiger partial charge in [0.1, 0.15) is 0 Å². The molecule has 1 N–H and O–H groups in total. The average molecular weight is 321 g/mol. The van der Waals surface area contributed by atoms with Crippen LogP contribution < -0.4 is 10.3 Å². The maximum absolute atomic E-state index is 12.3. The third-order valence-corrected chi connectivity index (χ3v) is 4.86. The Labute approximate surface area is 129 Å². The summed E-state index contributed by atoms with van der Waals surface area (Å²) in [5, 5.41) is 3.92. The molecule has 6 nitrogen and oxygen atoms in total. The lowest BCUT2D eigenvalue weighted by atomic mass is 10.2. The monoisotopic (exact) mass is 321 g/mol. The van der Waals surface area contributed by atoms with Gasteiger partial charge in [0.05, 0.1) is 4.90 Å². The second kappa shape index (κ2) is 6.85. The molecule has 0 saturated carbocycles. The lowest BCUT2D eigenvalue weighted by molar-refractivity contribution is 0.535. The highest BCUT2D eigenvalue weighted by atomic mass is 32.2. The summed E-state index contributed by atoms with van der Waals surface area (Å²) in [5.41, 5.74) is 1.41. The van der Waals surface area contributed by atoms with Gasteiger partial charge >= 0.3 is 0 Å². The Morgan fingerprint density at radius 1 is 1.23 bits per heavy atom. The summed E-state index contributed by atoms with van der Waals surface area (Å²) in [7, 11) is -3.54. The summed E-state index contributed by atoms with van der Waals surface area (Å²) in [6, 6.07) is 8.31. The van der Waals surface area contributed by atoms with Crippen LogP contribution >= 0.6 is 0 Å². The minimum atomic E-state index is -3.54. The van der Waals surface area contributed by atoms with Crippen molar-refractivity contribution in [2.75, 3.05) is 6.54 Å². The smallest absolute Gasteiger partial charge is 0.266 e. The molecule has 0 unspecified atom stereocenters. The van der Waals surface area contributed by atoms with E-state index in [0.717, 1.165) is 5.56 Å². The van der Waals surface area contributed by atoms with Gasteiger partial charge in [-0.3, -0.25) is 4.79 Å². The number of rotatable bonds is 6. The molecule has 0 saturated heterocycles. The van der Waals surface area contributed by atoms with Gasteiger partial charge in [0.15, 0.2) is 0 Å². The number of benzene rings is 1. The summed E-state index contributed by atoms with van der Waals surface area (Å²) in [5.74, 6) is 0. The minimum absolute atomic E-state index is 0.195. The van der Waals surface area contributed by atoms with Gasteiger partial charge in [-0.25, -0.2) is 17.8 Å². The predicted octanol–water partition coefficient (Wildman–Crippen LogP) is 1.23. The fraction of sp³-hybridized carbons (Fsp3) is 0.333. The van der Waals surface area contributed by atoms with Gasteiger partial charge in [-0.05, 0) is 43.5 Å². The van der Waals surface area contributed by atoms with Crippen LogP contribution in [0.2, 0.25) is 0 Å². The van der Waals surface area contributed by atoms with Crippen LogP contribution in [0.15, 0.2) is 46.2 Å².